The molecule has 0 heterocycles. The number of halogens is 2. The van der Waals surface area contributed by atoms with Crippen LogP contribution in [0.4, 0.5) is 0 Å². The molecule has 0 bridgehead atoms. The van der Waals surface area contributed by atoms with Crippen LogP contribution in [0.25, 0.3) is 0 Å². The summed E-state index contributed by atoms with van der Waals surface area (Å²) < 4.78 is 5.32. The maximum atomic E-state index is 5.32. The van der Waals surface area contributed by atoms with Gasteiger partial charge in [0.25, 0.3) is 0 Å². The molecule has 1 aliphatic rings. The molecule has 0 N–H and O–H groups in total. The van der Waals surface area contributed by atoms with Crippen molar-refractivity contribution in [2.24, 2.45) is 0 Å². The maximum absolute atomic E-state index is 5.32. The average Bonchev–Trinajstić information content (AvgIpc) is 2.41. The van der Waals surface area contributed by atoms with Crippen LogP contribution in [0, 0.1) is 6.08 Å². The zero-order valence-electron chi connectivity index (χ0n) is 7.71. The van der Waals surface area contributed by atoms with Gasteiger partial charge in [0.1, 0.15) is 0 Å². The second-order valence-electron chi connectivity index (χ2n) is 2.36. The third-order valence-corrected chi connectivity index (χ3v) is 1.37. The molecule has 1 aliphatic carbocycles. The largest absolute Gasteiger partial charge is 0.380 e. The maximum Gasteiger partial charge on any atom is 0.0466 e. The van der Waals surface area contributed by atoms with Crippen molar-refractivity contribution in [3.05, 3.63) is 23.8 Å². The summed E-state index contributed by atoms with van der Waals surface area (Å²) in [7, 11) is 0. The third-order valence-electron chi connectivity index (χ3n) is 1.37. The molecule has 0 aromatic rings. The summed E-state index contributed by atoms with van der Waals surface area (Å²) >= 11 is 0. The van der Waals surface area contributed by atoms with Crippen molar-refractivity contribution in [2.75, 3.05) is 13.2 Å². The van der Waals surface area contributed by atoms with Crippen LogP contribution in [-0.2, 0) is 26.5 Å². The van der Waals surface area contributed by atoms with Gasteiger partial charge in [-0.2, -0.15) is 11.6 Å². The molecule has 76 valence electrons. The molecular formula is C9H15Cl2OTi-. The van der Waals surface area contributed by atoms with Gasteiger partial charge < -0.3 is 4.74 Å². The Kier molecular flexibility index (Phi) is 18.9. The van der Waals surface area contributed by atoms with E-state index in [-0.39, 0.29) is 46.5 Å². The molecule has 4 heteroatoms. The van der Waals surface area contributed by atoms with Crippen LogP contribution in [0.3, 0.4) is 0 Å². The van der Waals surface area contributed by atoms with Crippen LogP contribution in [0.1, 0.15) is 19.8 Å². The summed E-state index contributed by atoms with van der Waals surface area (Å²) in [5.74, 6) is 0. The normalized spacial score (nSPS) is 12.2. The second-order valence-corrected chi connectivity index (χ2v) is 2.36. The third kappa shape index (κ3) is 9.05. The topological polar surface area (TPSA) is 9.23 Å². The van der Waals surface area contributed by atoms with Gasteiger partial charge in [-0.3, -0.25) is 6.08 Å². The molecule has 1 nitrogen and oxygen atoms in total. The van der Waals surface area contributed by atoms with Gasteiger partial charge in [-0.25, -0.2) is 6.08 Å². The molecule has 0 amide bonds. The average molecular weight is 258 g/mol. The van der Waals surface area contributed by atoms with Gasteiger partial charge in [0, 0.05) is 34.9 Å². The molecule has 0 aromatic heterocycles. The van der Waals surface area contributed by atoms with Crippen molar-refractivity contribution in [2.45, 2.75) is 19.8 Å². The molecule has 1 rings (SSSR count). The Morgan fingerprint density at radius 1 is 1.46 bits per heavy atom. The molecule has 0 radical (unpaired) electrons. The van der Waals surface area contributed by atoms with Crippen LogP contribution in [0.2, 0.25) is 0 Å². The fourth-order valence-corrected chi connectivity index (χ4v) is 0.876. The molecule has 0 saturated carbocycles. The van der Waals surface area contributed by atoms with E-state index < -0.39 is 0 Å². The van der Waals surface area contributed by atoms with Crippen LogP contribution in [-0.4, -0.2) is 13.2 Å². The SMILES string of the molecule is CCCOCC1=[C-]CC=C1.Cl.Cl.[Ti]. The number of hydrogen-bond donors (Lipinski definition) is 0. The van der Waals surface area contributed by atoms with Gasteiger partial charge in [-0.1, -0.05) is 6.92 Å². The first-order chi connectivity index (χ1) is 4.93. The Bertz CT molecular complexity index is 158. The van der Waals surface area contributed by atoms with Crippen LogP contribution in [0.15, 0.2) is 17.7 Å². The molecule has 13 heavy (non-hydrogen) atoms. The van der Waals surface area contributed by atoms with Crippen LogP contribution >= 0.6 is 24.8 Å². The van der Waals surface area contributed by atoms with Gasteiger partial charge in [-0.05, 0) is 6.42 Å². The van der Waals surface area contributed by atoms with Gasteiger partial charge in [-0.15, -0.1) is 31.2 Å². The van der Waals surface area contributed by atoms with E-state index in [9.17, 15) is 0 Å². The second kappa shape index (κ2) is 12.7. The zero-order chi connectivity index (χ0) is 7.23. The Balaban J connectivity index is -0.000000333. The smallest absolute Gasteiger partial charge is 0.0466 e. The zero-order valence-corrected chi connectivity index (χ0v) is 10.9. The molecule has 0 saturated heterocycles. The Labute approximate surface area is 108 Å². The quantitative estimate of drug-likeness (QED) is 0.428. The van der Waals surface area contributed by atoms with Crippen molar-refractivity contribution < 1.29 is 26.5 Å². The molecule has 0 spiro atoms. The predicted octanol–water partition coefficient (Wildman–Crippen LogP) is 2.94. The summed E-state index contributed by atoms with van der Waals surface area (Å²) in [5, 5.41) is 0. The Morgan fingerprint density at radius 3 is 2.62 bits per heavy atom. The first-order valence-corrected chi connectivity index (χ1v) is 3.77. The van der Waals surface area contributed by atoms with E-state index in [1.807, 2.05) is 0 Å². The number of allylic oxidation sites excluding steroid dienone is 2. The summed E-state index contributed by atoms with van der Waals surface area (Å²) in [6.45, 7) is 3.71. The molecular weight excluding hydrogens is 243 g/mol. The fraction of sp³-hybridized carbons (Fsp3) is 0.556. The van der Waals surface area contributed by atoms with E-state index in [4.69, 9.17) is 4.74 Å². The van der Waals surface area contributed by atoms with Crippen molar-refractivity contribution in [3.8, 4) is 0 Å². The van der Waals surface area contributed by atoms with Gasteiger partial charge in [0.05, 0.1) is 0 Å². The van der Waals surface area contributed by atoms with Crippen molar-refractivity contribution in [1.82, 2.24) is 0 Å². The van der Waals surface area contributed by atoms with Crippen LogP contribution < -0.4 is 0 Å². The van der Waals surface area contributed by atoms with Crippen molar-refractivity contribution in [1.29, 1.82) is 0 Å². The Hall–Kier alpha value is 0.734. The van der Waals surface area contributed by atoms with Gasteiger partial charge in [0.15, 0.2) is 0 Å². The Morgan fingerprint density at radius 2 is 2.15 bits per heavy atom. The predicted molar refractivity (Wildman–Crippen MR) is 56.1 cm³/mol. The molecule has 0 unspecified atom stereocenters. The van der Waals surface area contributed by atoms with E-state index in [0.717, 1.165) is 26.1 Å². The first-order valence-electron chi connectivity index (χ1n) is 3.77. The molecule has 0 atom stereocenters. The van der Waals surface area contributed by atoms with E-state index in [1.165, 1.54) is 5.57 Å². The van der Waals surface area contributed by atoms with Crippen molar-refractivity contribution >= 4 is 24.8 Å². The minimum atomic E-state index is 0. The number of rotatable bonds is 4. The summed E-state index contributed by atoms with van der Waals surface area (Å²) in [6, 6.07) is 0. The molecule has 0 fully saturated rings. The minimum Gasteiger partial charge on any atom is -0.380 e. The number of hydrogen-bond acceptors (Lipinski definition) is 1. The van der Waals surface area contributed by atoms with E-state index in [0.29, 0.717) is 0 Å². The summed E-state index contributed by atoms with van der Waals surface area (Å²) in [4.78, 5) is 0. The summed E-state index contributed by atoms with van der Waals surface area (Å²) in [6.07, 6.45) is 9.43. The molecule has 0 aliphatic heterocycles. The van der Waals surface area contributed by atoms with E-state index in [2.05, 4.69) is 25.2 Å². The monoisotopic (exact) mass is 257 g/mol. The van der Waals surface area contributed by atoms with Gasteiger partial charge >= 0.3 is 0 Å². The van der Waals surface area contributed by atoms with Crippen LogP contribution in [0.5, 0.6) is 0 Å². The summed E-state index contributed by atoms with van der Waals surface area (Å²) in [5.41, 5.74) is 1.20. The number of ether oxygens (including phenoxy) is 1. The van der Waals surface area contributed by atoms with Crippen molar-refractivity contribution in [3.63, 3.8) is 0 Å². The van der Waals surface area contributed by atoms with E-state index >= 15 is 0 Å². The first kappa shape index (κ1) is 19.3. The molecule has 0 aromatic carbocycles. The van der Waals surface area contributed by atoms with Gasteiger partial charge in [0.2, 0.25) is 0 Å². The standard InChI is InChI=1S/C9H13O.2ClH.Ti/c1-2-7-10-8-9-5-3-4-6-9;;;/h3,5H,2,4,7-8H2,1H3;2*1H;/q-1;;;. The fourth-order valence-electron chi connectivity index (χ4n) is 0.876. The van der Waals surface area contributed by atoms with E-state index in [1.54, 1.807) is 0 Å². The minimum absolute atomic E-state index is 0.